The van der Waals surface area contributed by atoms with Crippen molar-refractivity contribution in [2.75, 3.05) is 17.7 Å². The zero-order chi connectivity index (χ0) is 15.6. The number of anilines is 3. The number of nitrogens with zero attached hydrogens (tertiary/aromatic N) is 1. The highest BCUT2D eigenvalue weighted by atomic mass is 16.5. The van der Waals surface area contributed by atoms with E-state index in [1.54, 1.807) is 0 Å². The van der Waals surface area contributed by atoms with E-state index in [4.69, 9.17) is 10.5 Å². The van der Waals surface area contributed by atoms with Crippen LogP contribution in [0.1, 0.15) is 25.0 Å². The van der Waals surface area contributed by atoms with E-state index < -0.39 is 0 Å². The Morgan fingerprint density at radius 2 is 1.76 bits per heavy atom. The molecule has 112 valence electrons. The van der Waals surface area contributed by atoms with Gasteiger partial charge in [-0.05, 0) is 51.5 Å². The highest BCUT2D eigenvalue weighted by Crippen LogP contribution is 2.36. The lowest BCUT2D eigenvalue weighted by Crippen LogP contribution is -2.14. The number of hydrogen-bond donors (Lipinski definition) is 1. The van der Waals surface area contributed by atoms with Gasteiger partial charge in [-0.3, -0.25) is 0 Å². The van der Waals surface area contributed by atoms with Crippen molar-refractivity contribution >= 4 is 17.1 Å². The van der Waals surface area contributed by atoms with Crippen LogP contribution in [0.3, 0.4) is 0 Å². The van der Waals surface area contributed by atoms with E-state index in [1.807, 2.05) is 39.1 Å². The second-order valence-electron chi connectivity index (χ2n) is 5.70. The molecule has 3 nitrogen and oxygen atoms in total. The molecule has 0 spiro atoms. The second-order valence-corrected chi connectivity index (χ2v) is 5.70. The van der Waals surface area contributed by atoms with Crippen molar-refractivity contribution in [2.45, 2.75) is 33.8 Å². The summed E-state index contributed by atoms with van der Waals surface area (Å²) in [5.74, 6) is 0.735. The minimum absolute atomic E-state index is 0.106. The smallest absolute Gasteiger partial charge is 0.144 e. The van der Waals surface area contributed by atoms with E-state index in [0.717, 1.165) is 17.1 Å². The summed E-state index contributed by atoms with van der Waals surface area (Å²) >= 11 is 0. The third kappa shape index (κ3) is 3.30. The van der Waals surface area contributed by atoms with Crippen LogP contribution < -0.4 is 15.4 Å². The van der Waals surface area contributed by atoms with Crippen LogP contribution in [0.2, 0.25) is 0 Å². The predicted molar refractivity (Wildman–Crippen MR) is 90.6 cm³/mol. The molecule has 0 saturated heterocycles. The van der Waals surface area contributed by atoms with Crippen LogP contribution in [0, 0.1) is 13.8 Å². The maximum absolute atomic E-state index is 6.28. The SMILES string of the molecule is Cc1ccc(N(C)c2cccc(OC(C)C)c2N)c(C)c1. The first-order valence-corrected chi connectivity index (χ1v) is 7.26. The summed E-state index contributed by atoms with van der Waals surface area (Å²) < 4.78 is 5.77. The largest absolute Gasteiger partial charge is 0.489 e. The van der Waals surface area contributed by atoms with Crippen molar-refractivity contribution in [3.8, 4) is 5.75 Å². The molecule has 21 heavy (non-hydrogen) atoms. The molecule has 0 heterocycles. The van der Waals surface area contributed by atoms with Gasteiger partial charge < -0.3 is 15.4 Å². The average molecular weight is 284 g/mol. The van der Waals surface area contributed by atoms with Crippen molar-refractivity contribution in [3.63, 3.8) is 0 Å². The van der Waals surface area contributed by atoms with Crippen LogP contribution in [0.4, 0.5) is 17.1 Å². The van der Waals surface area contributed by atoms with Gasteiger partial charge in [-0.25, -0.2) is 0 Å². The molecule has 0 fully saturated rings. The molecule has 2 aromatic carbocycles. The van der Waals surface area contributed by atoms with Gasteiger partial charge in [-0.15, -0.1) is 0 Å². The fourth-order valence-electron chi connectivity index (χ4n) is 2.49. The first kappa shape index (κ1) is 15.2. The van der Waals surface area contributed by atoms with E-state index in [-0.39, 0.29) is 6.10 Å². The molecule has 0 aliphatic heterocycles. The monoisotopic (exact) mass is 284 g/mol. The quantitative estimate of drug-likeness (QED) is 0.843. The number of aryl methyl sites for hydroxylation is 2. The van der Waals surface area contributed by atoms with Crippen molar-refractivity contribution < 1.29 is 4.74 Å². The van der Waals surface area contributed by atoms with Gasteiger partial charge in [0, 0.05) is 12.7 Å². The molecule has 0 aliphatic carbocycles. The van der Waals surface area contributed by atoms with Crippen LogP contribution in [-0.4, -0.2) is 13.2 Å². The summed E-state index contributed by atoms with van der Waals surface area (Å²) in [6.07, 6.45) is 0.106. The normalized spacial score (nSPS) is 10.8. The van der Waals surface area contributed by atoms with Crippen molar-refractivity contribution in [2.24, 2.45) is 0 Å². The fourth-order valence-corrected chi connectivity index (χ4v) is 2.49. The van der Waals surface area contributed by atoms with Gasteiger partial charge in [0.25, 0.3) is 0 Å². The lowest BCUT2D eigenvalue weighted by atomic mass is 10.1. The number of nitrogens with two attached hydrogens (primary N) is 1. The Hall–Kier alpha value is -2.16. The summed E-state index contributed by atoms with van der Waals surface area (Å²) in [7, 11) is 2.03. The summed E-state index contributed by atoms with van der Waals surface area (Å²) in [6.45, 7) is 8.21. The van der Waals surface area contributed by atoms with Gasteiger partial charge in [0.05, 0.1) is 17.5 Å². The molecule has 2 aromatic rings. The summed E-state index contributed by atoms with van der Waals surface area (Å²) in [5, 5.41) is 0. The van der Waals surface area contributed by atoms with Gasteiger partial charge in [-0.2, -0.15) is 0 Å². The van der Waals surface area contributed by atoms with Crippen LogP contribution in [0.25, 0.3) is 0 Å². The molecule has 0 radical (unpaired) electrons. The highest BCUT2D eigenvalue weighted by molar-refractivity contribution is 5.79. The van der Waals surface area contributed by atoms with Crippen LogP contribution in [-0.2, 0) is 0 Å². The molecule has 3 heteroatoms. The topological polar surface area (TPSA) is 38.5 Å². The number of rotatable bonds is 4. The Kier molecular flexibility index (Phi) is 4.41. The number of nitrogen functional groups attached to an aromatic ring is 1. The molecule has 0 saturated carbocycles. The van der Waals surface area contributed by atoms with Crippen LogP contribution in [0.15, 0.2) is 36.4 Å². The number of benzene rings is 2. The van der Waals surface area contributed by atoms with Gasteiger partial charge in [-0.1, -0.05) is 23.8 Å². The molecular formula is C18H24N2O. The second kappa shape index (κ2) is 6.08. The third-order valence-corrected chi connectivity index (χ3v) is 3.48. The van der Waals surface area contributed by atoms with Crippen molar-refractivity contribution in [1.82, 2.24) is 0 Å². The zero-order valence-electron chi connectivity index (χ0n) is 13.5. The molecule has 0 atom stereocenters. The van der Waals surface area contributed by atoms with E-state index in [0.29, 0.717) is 5.69 Å². The minimum Gasteiger partial charge on any atom is -0.489 e. The molecule has 0 bridgehead atoms. The molecule has 2 N–H and O–H groups in total. The number of ether oxygens (including phenoxy) is 1. The molecule has 0 aliphatic rings. The van der Waals surface area contributed by atoms with Gasteiger partial charge in [0.2, 0.25) is 0 Å². The lowest BCUT2D eigenvalue weighted by Gasteiger charge is -2.25. The molecule has 0 aromatic heterocycles. The van der Waals surface area contributed by atoms with Gasteiger partial charge in [0.1, 0.15) is 5.75 Å². The predicted octanol–water partition coefficient (Wildman–Crippen LogP) is 4.44. The summed E-state index contributed by atoms with van der Waals surface area (Å²) in [4.78, 5) is 2.11. The molecule has 0 unspecified atom stereocenters. The van der Waals surface area contributed by atoms with Crippen molar-refractivity contribution in [1.29, 1.82) is 0 Å². The Labute approximate surface area is 127 Å². The fraction of sp³-hybridized carbons (Fsp3) is 0.333. The third-order valence-electron chi connectivity index (χ3n) is 3.48. The minimum atomic E-state index is 0.106. The Morgan fingerprint density at radius 3 is 2.38 bits per heavy atom. The van der Waals surface area contributed by atoms with Gasteiger partial charge in [0.15, 0.2) is 0 Å². The molecular weight excluding hydrogens is 260 g/mol. The zero-order valence-corrected chi connectivity index (χ0v) is 13.5. The van der Waals surface area contributed by atoms with Crippen LogP contribution >= 0.6 is 0 Å². The summed E-state index contributed by atoms with van der Waals surface area (Å²) in [6, 6.07) is 12.3. The standard InChI is InChI=1S/C18H24N2O/c1-12(2)21-17-8-6-7-16(18(17)19)20(5)15-10-9-13(3)11-14(15)4/h6-12H,19H2,1-5H3. The maximum Gasteiger partial charge on any atom is 0.144 e. The van der Waals surface area contributed by atoms with Crippen LogP contribution in [0.5, 0.6) is 5.75 Å². The lowest BCUT2D eigenvalue weighted by molar-refractivity contribution is 0.244. The number of para-hydroxylation sites is 1. The Balaban J connectivity index is 2.41. The first-order valence-electron chi connectivity index (χ1n) is 7.26. The Morgan fingerprint density at radius 1 is 1.05 bits per heavy atom. The van der Waals surface area contributed by atoms with E-state index in [1.165, 1.54) is 11.1 Å². The molecule has 2 rings (SSSR count). The maximum atomic E-state index is 6.28. The average Bonchev–Trinajstić information content (AvgIpc) is 2.40. The highest BCUT2D eigenvalue weighted by Gasteiger charge is 2.13. The van der Waals surface area contributed by atoms with Crippen molar-refractivity contribution in [3.05, 3.63) is 47.5 Å². The van der Waals surface area contributed by atoms with E-state index in [2.05, 4.69) is 36.9 Å². The summed E-state index contributed by atoms with van der Waals surface area (Å²) in [5.41, 5.74) is 11.6. The number of hydrogen-bond acceptors (Lipinski definition) is 3. The Bertz CT molecular complexity index is 635. The van der Waals surface area contributed by atoms with Gasteiger partial charge >= 0.3 is 0 Å². The molecule has 0 amide bonds. The van der Waals surface area contributed by atoms with E-state index in [9.17, 15) is 0 Å². The first-order chi connectivity index (χ1) is 9.90. The van der Waals surface area contributed by atoms with E-state index >= 15 is 0 Å².